The highest BCUT2D eigenvalue weighted by Crippen LogP contribution is 2.36. The molecular formula is C16H20N2OS. The summed E-state index contributed by atoms with van der Waals surface area (Å²) in [6.07, 6.45) is 3.95. The molecule has 4 heteroatoms. The van der Waals surface area contributed by atoms with Gasteiger partial charge in [-0.3, -0.25) is 0 Å². The molecule has 1 N–H and O–H groups in total. The molecule has 1 aliphatic rings. The van der Waals surface area contributed by atoms with Gasteiger partial charge in [0.15, 0.2) is 0 Å². The lowest BCUT2D eigenvalue weighted by Crippen LogP contribution is -2.38. The van der Waals surface area contributed by atoms with E-state index in [-0.39, 0.29) is 0 Å². The third-order valence-corrected chi connectivity index (χ3v) is 4.64. The number of fused-ring (bicyclic) bond motifs is 1. The Hall–Kier alpha value is -1.39. The molecular weight excluding hydrogens is 268 g/mol. The van der Waals surface area contributed by atoms with E-state index < -0.39 is 0 Å². The zero-order chi connectivity index (χ0) is 13.8. The van der Waals surface area contributed by atoms with Crippen LogP contribution in [0.1, 0.15) is 29.8 Å². The summed E-state index contributed by atoms with van der Waals surface area (Å²) in [5, 5.41) is 6.90. The van der Waals surface area contributed by atoms with E-state index in [0.717, 1.165) is 31.7 Å². The van der Waals surface area contributed by atoms with E-state index in [0.29, 0.717) is 12.0 Å². The second-order valence-electron chi connectivity index (χ2n) is 5.08. The fraction of sp³-hybridized carbons (Fsp3) is 0.438. The molecule has 0 saturated carbocycles. The molecule has 1 aromatic carbocycles. The maximum Gasteiger partial charge on any atom is 0.122 e. The number of aromatic nitrogens is 1. The fourth-order valence-corrected chi connectivity index (χ4v) is 3.62. The summed E-state index contributed by atoms with van der Waals surface area (Å²) >= 11 is 1.74. The second-order valence-corrected chi connectivity index (χ2v) is 6.05. The first-order chi connectivity index (χ1) is 9.88. The third-order valence-electron chi connectivity index (χ3n) is 3.83. The van der Waals surface area contributed by atoms with Crippen LogP contribution in [0.4, 0.5) is 0 Å². The highest BCUT2D eigenvalue weighted by Gasteiger charge is 2.28. The molecule has 2 heterocycles. The zero-order valence-corrected chi connectivity index (χ0v) is 12.5. The van der Waals surface area contributed by atoms with Crippen LogP contribution in [0.15, 0.2) is 35.8 Å². The molecule has 0 saturated heterocycles. The monoisotopic (exact) mass is 288 g/mol. The van der Waals surface area contributed by atoms with Crippen LogP contribution in [0.5, 0.6) is 5.75 Å². The number of rotatable bonds is 5. The van der Waals surface area contributed by atoms with Gasteiger partial charge in [-0.2, -0.15) is 0 Å². The largest absolute Gasteiger partial charge is 0.493 e. The van der Waals surface area contributed by atoms with E-state index in [9.17, 15) is 0 Å². The number of nitrogens with zero attached hydrogens (tertiary/aromatic N) is 1. The summed E-state index contributed by atoms with van der Waals surface area (Å²) in [6.45, 7) is 3.96. The van der Waals surface area contributed by atoms with Crippen molar-refractivity contribution in [3.05, 3.63) is 46.4 Å². The second kappa shape index (κ2) is 6.37. The molecule has 0 aliphatic carbocycles. The lowest BCUT2D eigenvalue weighted by atomic mass is 9.85. The van der Waals surface area contributed by atoms with Gasteiger partial charge in [0.25, 0.3) is 0 Å². The Bertz CT molecular complexity index is 541. The molecule has 0 fully saturated rings. The lowest BCUT2D eigenvalue weighted by Gasteiger charge is -2.32. The summed E-state index contributed by atoms with van der Waals surface area (Å²) in [5.41, 5.74) is 1.33. The van der Waals surface area contributed by atoms with Gasteiger partial charge >= 0.3 is 0 Å². The SMILES string of the molecule is CCNC(Cc1nccs1)C1CCOc2ccccc21. The quantitative estimate of drug-likeness (QED) is 0.917. The molecule has 0 radical (unpaired) electrons. The Morgan fingerprint density at radius 2 is 2.35 bits per heavy atom. The van der Waals surface area contributed by atoms with Crippen molar-refractivity contribution >= 4 is 11.3 Å². The van der Waals surface area contributed by atoms with Gasteiger partial charge in [0.2, 0.25) is 0 Å². The highest BCUT2D eigenvalue weighted by atomic mass is 32.1. The van der Waals surface area contributed by atoms with E-state index in [4.69, 9.17) is 4.74 Å². The van der Waals surface area contributed by atoms with E-state index in [1.165, 1.54) is 10.6 Å². The van der Waals surface area contributed by atoms with Crippen LogP contribution in [-0.4, -0.2) is 24.2 Å². The first kappa shape index (κ1) is 13.6. The number of benzene rings is 1. The summed E-state index contributed by atoms with van der Waals surface area (Å²) in [5.74, 6) is 1.55. The van der Waals surface area contributed by atoms with Crippen molar-refractivity contribution in [2.24, 2.45) is 0 Å². The maximum atomic E-state index is 5.78. The first-order valence-corrected chi connectivity index (χ1v) is 8.10. The number of nitrogens with one attached hydrogen (secondary N) is 1. The van der Waals surface area contributed by atoms with E-state index >= 15 is 0 Å². The molecule has 2 atom stereocenters. The molecule has 1 aliphatic heterocycles. The summed E-state index contributed by atoms with van der Waals surface area (Å²) in [4.78, 5) is 4.44. The van der Waals surface area contributed by atoms with Crippen molar-refractivity contribution in [1.82, 2.24) is 10.3 Å². The number of hydrogen-bond acceptors (Lipinski definition) is 4. The average molecular weight is 288 g/mol. The third kappa shape index (κ3) is 2.86. The highest BCUT2D eigenvalue weighted by molar-refractivity contribution is 7.09. The predicted molar refractivity (Wildman–Crippen MR) is 82.6 cm³/mol. The van der Waals surface area contributed by atoms with Crippen LogP contribution in [0, 0.1) is 0 Å². The Morgan fingerprint density at radius 1 is 1.45 bits per heavy atom. The summed E-state index contributed by atoms with van der Waals surface area (Å²) in [7, 11) is 0. The number of hydrogen-bond donors (Lipinski definition) is 1. The standard InChI is InChI=1S/C16H20N2OS/c1-2-17-14(11-16-18-8-10-20-16)12-7-9-19-15-6-4-3-5-13(12)15/h3-6,8,10,12,14,17H,2,7,9,11H2,1H3. The van der Waals surface area contributed by atoms with Gasteiger partial charge in [-0.05, 0) is 24.6 Å². The van der Waals surface area contributed by atoms with E-state index in [1.807, 2.05) is 12.3 Å². The number of thiazole rings is 1. The van der Waals surface area contributed by atoms with Crippen molar-refractivity contribution in [2.75, 3.05) is 13.2 Å². The van der Waals surface area contributed by atoms with Crippen LogP contribution < -0.4 is 10.1 Å². The molecule has 0 bridgehead atoms. The molecule has 0 amide bonds. The van der Waals surface area contributed by atoms with Crippen LogP contribution in [0.25, 0.3) is 0 Å². The predicted octanol–water partition coefficient (Wildman–Crippen LogP) is 3.23. The van der Waals surface area contributed by atoms with Gasteiger partial charge in [0.1, 0.15) is 5.75 Å². The van der Waals surface area contributed by atoms with Gasteiger partial charge < -0.3 is 10.1 Å². The minimum absolute atomic E-state index is 0.427. The average Bonchev–Trinajstić information content (AvgIpc) is 2.99. The number of likely N-dealkylation sites (N-methyl/N-ethyl adjacent to an activating group) is 1. The van der Waals surface area contributed by atoms with Crippen molar-refractivity contribution in [3.63, 3.8) is 0 Å². The summed E-state index contributed by atoms with van der Waals surface area (Å²) in [6, 6.07) is 8.85. The minimum atomic E-state index is 0.427. The Labute approximate surface area is 124 Å². The number of para-hydroxylation sites is 1. The van der Waals surface area contributed by atoms with Gasteiger partial charge in [-0.25, -0.2) is 4.98 Å². The Balaban J connectivity index is 1.84. The fourth-order valence-electron chi connectivity index (χ4n) is 2.95. The lowest BCUT2D eigenvalue weighted by molar-refractivity contribution is 0.245. The van der Waals surface area contributed by atoms with Gasteiger partial charge in [-0.1, -0.05) is 25.1 Å². The van der Waals surface area contributed by atoms with Crippen molar-refractivity contribution < 1.29 is 4.74 Å². The van der Waals surface area contributed by atoms with Crippen LogP contribution in [0.3, 0.4) is 0 Å². The Kier molecular flexibility index (Phi) is 4.33. The molecule has 106 valence electrons. The molecule has 1 aromatic heterocycles. The smallest absolute Gasteiger partial charge is 0.122 e. The molecule has 2 unspecified atom stereocenters. The van der Waals surface area contributed by atoms with Crippen molar-refractivity contribution in [2.45, 2.75) is 31.7 Å². The van der Waals surface area contributed by atoms with Gasteiger partial charge in [-0.15, -0.1) is 11.3 Å². The maximum absolute atomic E-state index is 5.78. The molecule has 3 nitrogen and oxygen atoms in total. The molecule has 0 spiro atoms. The zero-order valence-electron chi connectivity index (χ0n) is 11.7. The van der Waals surface area contributed by atoms with E-state index in [2.05, 4.69) is 40.8 Å². The topological polar surface area (TPSA) is 34.2 Å². The molecule has 20 heavy (non-hydrogen) atoms. The van der Waals surface area contributed by atoms with E-state index in [1.54, 1.807) is 11.3 Å². The van der Waals surface area contributed by atoms with Gasteiger partial charge in [0.05, 0.1) is 11.6 Å². The minimum Gasteiger partial charge on any atom is -0.493 e. The Morgan fingerprint density at radius 3 is 3.15 bits per heavy atom. The van der Waals surface area contributed by atoms with Crippen LogP contribution in [0.2, 0.25) is 0 Å². The van der Waals surface area contributed by atoms with Crippen molar-refractivity contribution in [1.29, 1.82) is 0 Å². The molecule has 3 rings (SSSR count). The number of ether oxygens (including phenoxy) is 1. The first-order valence-electron chi connectivity index (χ1n) is 7.22. The normalized spacial score (nSPS) is 19.1. The van der Waals surface area contributed by atoms with Crippen molar-refractivity contribution in [3.8, 4) is 5.75 Å². The van der Waals surface area contributed by atoms with Crippen LogP contribution in [-0.2, 0) is 6.42 Å². The van der Waals surface area contributed by atoms with Crippen LogP contribution >= 0.6 is 11.3 Å². The summed E-state index contributed by atoms with van der Waals surface area (Å²) < 4.78 is 5.78. The van der Waals surface area contributed by atoms with Gasteiger partial charge in [0, 0.05) is 30.0 Å². The molecule has 2 aromatic rings.